The van der Waals surface area contributed by atoms with Crippen molar-refractivity contribution in [1.82, 2.24) is 10.3 Å². The van der Waals surface area contributed by atoms with Crippen molar-refractivity contribution in [2.45, 2.75) is 58.6 Å². The molecule has 1 unspecified atom stereocenters. The fourth-order valence-corrected chi connectivity index (χ4v) is 6.80. The summed E-state index contributed by atoms with van der Waals surface area (Å²) < 4.78 is 10.8. The second-order valence-corrected chi connectivity index (χ2v) is 10.6. The molecule has 1 saturated heterocycles. The van der Waals surface area contributed by atoms with Gasteiger partial charge in [-0.1, -0.05) is 42.0 Å². The van der Waals surface area contributed by atoms with Crippen molar-refractivity contribution in [3.8, 4) is 11.1 Å². The highest BCUT2D eigenvalue weighted by atomic mass is 16.6. The molecule has 6 nitrogen and oxygen atoms in total. The van der Waals surface area contributed by atoms with Gasteiger partial charge in [0.15, 0.2) is 0 Å². The van der Waals surface area contributed by atoms with E-state index in [1.165, 1.54) is 11.1 Å². The Balaban J connectivity index is 1.34. The number of hydrogen-bond acceptors (Lipinski definition) is 5. The molecule has 1 N–H and O–H groups in total. The molecule has 3 fully saturated rings. The molecular weight excluding hydrogens is 452 g/mol. The zero-order valence-corrected chi connectivity index (χ0v) is 21.4. The van der Waals surface area contributed by atoms with Gasteiger partial charge in [-0.25, -0.2) is 4.79 Å². The SMILES string of the molecule is CCOC(=O)NC1CC[C@@H]2[C@@H](C1)C[C@H]1C(=O)O[C@H](C)[C@H]1[C@H]2C=Cc1ccc(-c2cccc(C)c2)cn1. The van der Waals surface area contributed by atoms with Gasteiger partial charge in [0.2, 0.25) is 0 Å². The summed E-state index contributed by atoms with van der Waals surface area (Å²) in [5.41, 5.74) is 4.41. The van der Waals surface area contributed by atoms with Gasteiger partial charge in [0.1, 0.15) is 6.10 Å². The average molecular weight is 489 g/mol. The molecule has 2 aliphatic carbocycles. The number of cyclic esters (lactones) is 1. The minimum atomic E-state index is -0.347. The molecule has 2 aromatic rings. The van der Waals surface area contributed by atoms with Crippen molar-refractivity contribution in [2.24, 2.45) is 29.6 Å². The lowest BCUT2D eigenvalue weighted by molar-refractivity contribution is -0.144. The van der Waals surface area contributed by atoms with Crippen LogP contribution in [0.25, 0.3) is 17.2 Å². The number of benzene rings is 1. The number of carbonyl (C=O) groups is 2. The Morgan fingerprint density at radius 3 is 2.81 bits per heavy atom. The number of aromatic nitrogens is 1. The monoisotopic (exact) mass is 488 g/mol. The number of pyridine rings is 1. The van der Waals surface area contributed by atoms with E-state index in [0.717, 1.165) is 36.9 Å². The molecule has 2 saturated carbocycles. The summed E-state index contributed by atoms with van der Waals surface area (Å²) in [4.78, 5) is 29.4. The number of amides is 1. The zero-order valence-electron chi connectivity index (χ0n) is 21.4. The van der Waals surface area contributed by atoms with Crippen LogP contribution in [0.15, 0.2) is 48.7 Å². The average Bonchev–Trinajstić information content (AvgIpc) is 3.15. The largest absolute Gasteiger partial charge is 0.462 e. The van der Waals surface area contributed by atoms with Crippen molar-refractivity contribution < 1.29 is 19.1 Å². The van der Waals surface area contributed by atoms with Gasteiger partial charge in [0.05, 0.1) is 18.2 Å². The quantitative estimate of drug-likeness (QED) is 0.538. The molecular formula is C30H36N2O4. The highest BCUT2D eigenvalue weighted by Gasteiger charge is 2.54. The summed E-state index contributed by atoms with van der Waals surface area (Å²) in [5.74, 6) is 1.13. The standard InChI is InChI=1S/C30H36N2O4/c1-4-35-30(34)32-24-11-12-25-22(15-24)16-27-28(19(3)36-29(27)33)26(25)13-10-23-9-8-21(17-31-23)20-7-5-6-18(2)14-20/h5-10,13-14,17,19,22,24-28H,4,11-12,15-16H2,1-3H3,(H,32,34)/t19-,22+,24?,25-,26+,27-,28+/m1/s1. The van der Waals surface area contributed by atoms with Gasteiger partial charge >= 0.3 is 12.1 Å². The number of carbonyl (C=O) groups excluding carboxylic acids is 2. The first-order valence-electron chi connectivity index (χ1n) is 13.3. The summed E-state index contributed by atoms with van der Waals surface area (Å²) in [7, 11) is 0. The van der Waals surface area contributed by atoms with Crippen LogP contribution in [0.3, 0.4) is 0 Å². The van der Waals surface area contributed by atoms with Crippen molar-refractivity contribution >= 4 is 18.1 Å². The smallest absolute Gasteiger partial charge is 0.407 e. The molecule has 1 aliphatic heterocycles. The summed E-state index contributed by atoms with van der Waals surface area (Å²) in [6.45, 7) is 6.31. The Morgan fingerprint density at radius 2 is 2.06 bits per heavy atom. The Kier molecular flexibility index (Phi) is 7.13. The van der Waals surface area contributed by atoms with Crippen LogP contribution in [-0.2, 0) is 14.3 Å². The number of esters is 1. The van der Waals surface area contributed by atoms with Gasteiger partial charge in [-0.05, 0) is 81.9 Å². The lowest BCUT2D eigenvalue weighted by atomic mass is 9.57. The molecule has 36 heavy (non-hydrogen) atoms. The highest BCUT2D eigenvalue weighted by molar-refractivity contribution is 5.75. The summed E-state index contributed by atoms with van der Waals surface area (Å²) in [5, 5.41) is 3.02. The molecule has 3 aliphatic rings. The molecule has 0 bridgehead atoms. The molecule has 1 aromatic carbocycles. The molecule has 1 aromatic heterocycles. The van der Waals surface area contributed by atoms with E-state index in [0.29, 0.717) is 18.4 Å². The van der Waals surface area contributed by atoms with E-state index in [1.54, 1.807) is 0 Å². The van der Waals surface area contributed by atoms with Gasteiger partial charge < -0.3 is 14.8 Å². The van der Waals surface area contributed by atoms with E-state index in [2.05, 4.69) is 60.8 Å². The number of rotatable bonds is 5. The van der Waals surface area contributed by atoms with Gasteiger partial charge in [-0.15, -0.1) is 0 Å². The first-order chi connectivity index (χ1) is 17.4. The van der Waals surface area contributed by atoms with Gasteiger partial charge in [0, 0.05) is 23.7 Å². The number of nitrogens with zero attached hydrogens (tertiary/aromatic N) is 1. The highest BCUT2D eigenvalue weighted by Crippen LogP contribution is 2.53. The molecule has 190 valence electrons. The maximum absolute atomic E-state index is 12.7. The topological polar surface area (TPSA) is 77.5 Å². The summed E-state index contributed by atoms with van der Waals surface area (Å²) in [6.07, 6.45) is 9.55. The second-order valence-electron chi connectivity index (χ2n) is 10.6. The number of alkyl carbamates (subject to hydrolysis) is 1. The van der Waals surface area contributed by atoms with E-state index < -0.39 is 0 Å². The minimum absolute atomic E-state index is 0.0644. The zero-order chi connectivity index (χ0) is 25.2. The number of allylic oxidation sites excluding steroid dienone is 1. The number of hydrogen-bond donors (Lipinski definition) is 1. The molecule has 5 rings (SSSR count). The van der Waals surface area contributed by atoms with Crippen LogP contribution >= 0.6 is 0 Å². The third kappa shape index (κ3) is 5.04. The van der Waals surface area contributed by atoms with Gasteiger partial charge in [-0.2, -0.15) is 0 Å². The van der Waals surface area contributed by atoms with Crippen molar-refractivity contribution in [1.29, 1.82) is 0 Å². The van der Waals surface area contributed by atoms with Gasteiger partial charge in [-0.3, -0.25) is 9.78 Å². The second kappa shape index (κ2) is 10.5. The maximum Gasteiger partial charge on any atom is 0.407 e. The van der Waals surface area contributed by atoms with Crippen molar-refractivity contribution in [2.75, 3.05) is 6.61 Å². The molecule has 1 amide bonds. The van der Waals surface area contributed by atoms with E-state index in [9.17, 15) is 9.59 Å². The van der Waals surface area contributed by atoms with E-state index in [-0.39, 0.29) is 42.0 Å². The number of nitrogens with one attached hydrogen (secondary N) is 1. The normalized spacial score (nSPS) is 31.4. The predicted molar refractivity (Wildman–Crippen MR) is 139 cm³/mol. The molecule has 2 heterocycles. The Morgan fingerprint density at radius 1 is 1.19 bits per heavy atom. The van der Waals surface area contributed by atoms with Crippen molar-refractivity contribution in [3.63, 3.8) is 0 Å². The van der Waals surface area contributed by atoms with Crippen molar-refractivity contribution in [3.05, 3.63) is 59.9 Å². The maximum atomic E-state index is 12.7. The Hall–Kier alpha value is -3.15. The Labute approximate surface area is 213 Å². The number of aryl methyl sites for hydroxylation is 1. The molecule has 6 heteroatoms. The lowest BCUT2D eigenvalue weighted by Gasteiger charge is -2.47. The van der Waals surface area contributed by atoms with Crippen LogP contribution in [0.5, 0.6) is 0 Å². The fraction of sp³-hybridized carbons (Fsp3) is 0.500. The third-order valence-corrected chi connectivity index (χ3v) is 8.37. The number of ether oxygens (including phenoxy) is 2. The van der Waals surface area contributed by atoms with Crippen LogP contribution in [0.1, 0.15) is 50.8 Å². The minimum Gasteiger partial charge on any atom is -0.462 e. The Bertz CT molecular complexity index is 1130. The number of fused-ring (bicyclic) bond motifs is 2. The third-order valence-electron chi connectivity index (χ3n) is 8.37. The fourth-order valence-electron chi connectivity index (χ4n) is 6.80. The van der Waals surface area contributed by atoms with Gasteiger partial charge in [0.25, 0.3) is 0 Å². The van der Waals surface area contributed by atoms with Crippen LogP contribution in [0.2, 0.25) is 0 Å². The van der Waals surface area contributed by atoms with E-state index in [1.807, 2.05) is 20.0 Å². The van der Waals surface area contributed by atoms with E-state index in [4.69, 9.17) is 14.5 Å². The first-order valence-corrected chi connectivity index (χ1v) is 13.3. The van der Waals surface area contributed by atoms with Crippen LogP contribution in [0, 0.1) is 36.5 Å². The first kappa shape index (κ1) is 24.5. The van der Waals surface area contributed by atoms with Crippen LogP contribution in [0.4, 0.5) is 4.79 Å². The molecule has 0 radical (unpaired) electrons. The molecule has 0 spiro atoms. The van der Waals surface area contributed by atoms with Crippen LogP contribution in [-0.4, -0.2) is 35.8 Å². The van der Waals surface area contributed by atoms with Crippen LogP contribution < -0.4 is 5.32 Å². The van der Waals surface area contributed by atoms with E-state index >= 15 is 0 Å². The predicted octanol–water partition coefficient (Wildman–Crippen LogP) is 5.80. The summed E-state index contributed by atoms with van der Waals surface area (Å²) >= 11 is 0. The lowest BCUT2D eigenvalue weighted by Crippen LogP contribution is -2.48. The molecule has 7 atom stereocenters. The summed E-state index contributed by atoms with van der Waals surface area (Å²) in [6, 6.07) is 12.7.